The first kappa shape index (κ1) is 10.7. The van der Waals surface area contributed by atoms with E-state index in [0.29, 0.717) is 0 Å². The Morgan fingerprint density at radius 3 is 2.20 bits per heavy atom. The van der Waals surface area contributed by atoms with Crippen LogP contribution in [0.2, 0.25) is 0 Å². The van der Waals surface area contributed by atoms with Crippen LogP contribution in [0.4, 0.5) is 0 Å². The zero-order chi connectivity index (χ0) is 11.4. The summed E-state index contributed by atoms with van der Waals surface area (Å²) in [5, 5.41) is 0. The van der Waals surface area contributed by atoms with E-state index in [4.69, 9.17) is 16.2 Å². The molecule has 0 aromatic rings. The molecule has 0 spiro atoms. The summed E-state index contributed by atoms with van der Waals surface area (Å²) in [6.07, 6.45) is 3.99. The fourth-order valence-corrected chi connectivity index (χ4v) is 2.09. The Hall–Kier alpha value is -0.800. The Morgan fingerprint density at radius 2 is 1.60 bits per heavy atom. The summed E-state index contributed by atoms with van der Waals surface area (Å²) in [6.45, 7) is 8.57. The van der Waals surface area contributed by atoms with Crippen LogP contribution in [-0.2, 0) is 4.74 Å². The number of hydrogen-bond donors (Lipinski definition) is 2. The van der Waals surface area contributed by atoms with Gasteiger partial charge in [-0.1, -0.05) is 19.9 Å². The molecule has 0 bridgehead atoms. The van der Waals surface area contributed by atoms with Gasteiger partial charge in [0.05, 0.1) is 0 Å². The molecule has 0 saturated carbocycles. The lowest BCUT2D eigenvalue weighted by atomic mass is 9.72. The maximum absolute atomic E-state index is 5.94. The van der Waals surface area contributed by atoms with Gasteiger partial charge in [-0.25, -0.2) is 0 Å². The molecular formula is C12H20N2O. The zero-order valence-corrected chi connectivity index (χ0v) is 9.87. The molecule has 0 aromatic heterocycles. The lowest BCUT2D eigenvalue weighted by Crippen LogP contribution is -2.41. The van der Waals surface area contributed by atoms with Gasteiger partial charge in [0.2, 0.25) is 0 Å². The molecule has 3 nitrogen and oxygen atoms in total. The summed E-state index contributed by atoms with van der Waals surface area (Å²) in [5.41, 5.74) is 12.8. The second-order valence-electron chi connectivity index (χ2n) is 5.50. The first-order valence-electron chi connectivity index (χ1n) is 5.40. The van der Waals surface area contributed by atoms with E-state index in [9.17, 15) is 0 Å². The summed E-state index contributed by atoms with van der Waals surface area (Å²) < 4.78 is 5.94. The Bertz CT molecular complexity index is 353. The summed E-state index contributed by atoms with van der Waals surface area (Å²) >= 11 is 0. The predicted octanol–water partition coefficient (Wildman–Crippen LogP) is 1.30. The highest BCUT2D eigenvalue weighted by Gasteiger charge is 2.51. The molecule has 1 heterocycles. The van der Waals surface area contributed by atoms with Gasteiger partial charge >= 0.3 is 0 Å². The van der Waals surface area contributed by atoms with Gasteiger partial charge in [0.25, 0.3) is 0 Å². The van der Waals surface area contributed by atoms with Crippen LogP contribution in [0, 0.1) is 5.41 Å². The zero-order valence-electron chi connectivity index (χ0n) is 9.87. The van der Waals surface area contributed by atoms with Crippen LogP contribution < -0.4 is 11.5 Å². The molecule has 0 radical (unpaired) electrons. The molecule has 2 aliphatic rings. The summed E-state index contributed by atoms with van der Waals surface area (Å²) in [7, 11) is 0. The van der Waals surface area contributed by atoms with Crippen LogP contribution in [0.1, 0.15) is 27.7 Å². The number of rotatable bonds is 0. The molecule has 15 heavy (non-hydrogen) atoms. The third-order valence-corrected chi connectivity index (χ3v) is 3.96. The summed E-state index contributed by atoms with van der Waals surface area (Å²) in [5.74, 6) is 0.916. The number of ether oxygens (including phenoxy) is 1. The van der Waals surface area contributed by atoms with Crippen molar-refractivity contribution in [2.45, 2.75) is 45.4 Å². The van der Waals surface area contributed by atoms with Crippen molar-refractivity contribution in [3.8, 4) is 0 Å². The Kier molecular flexibility index (Phi) is 2.04. The predicted molar refractivity (Wildman–Crippen MR) is 61.1 cm³/mol. The Morgan fingerprint density at radius 1 is 1.07 bits per heavy atom. The fraction of sp³-hybridized carbons (Fsp3) is 0.667. The molecule has 1 aliphatic heterocycles. The van der Waals surface area contributed by atoms with Crippen LogP contribution in [0.15, 0.2) is 23.5 Å². The smallest absolute Gasteiger partial charge is 0.121 e. The molecule has 2 atom stereocenters. The van der Waals surface area contributed by atoms with E-state index in [-0.39, 0.29) is 23.1 Å². The van der Waals surface area contributed by atoms with Crippen molar-refractivity contribution in [3.05, 3.63) is 23.5 Å². The lowest BCUT2D eigenvalue weighted by Gasteiger charge is -2.33. The molecule has 3 heteroatoms. The van der Waals surface area contributed by atoms with Crippen molar-refractivity contribution < 1.29 is 4.74 Å². The average Bonchev–Trinajstić information content (AvgIpc) is 2.24. The summed E-state index contributed by atoms with van der Waals surface area (Å²) in [6, 6.07) is -0.228. The normalized spacial score (nSPS) is 36.4. The highest BCUT2D eigenvalue weighted by Crippen LogP contribution is 2.52. The molecule has 0 amide bonds. The molecule has 1 fully saturated rings. The van der Waals surface area contributed by atoms with Crippen LogP contribution >= 0.6 is 0 Å². The van der Waals surface area contributed by atoms with E-state index >= 15 is 0 Å². The highest BCUT2D eigenvalue weighted by atomic mass is 16.5. The van der Waals surface area contributed by atoms with Crippen molar-refractivity contribution >= 4 is 0 Å². The molecule has 2 unspecified atom stereocenters. The van der Waals surface area contributed by atoms with Crippen molar-refractivity contribution in [1.82, 2.24) is 0 Å². The van der Waals surface area contributed by atoms with Gasteiger partial charge in [-0.3, -0.25) is 0 Å². The molecule has 1 aliphatic carbocycles. The van der Waals surface area contributed by atoms with Gasteiger partial charge in [-0.15, -0.1) is 0 Å². The van der Waals surface area contributed by atoms with E-state index in [1.54, 1.807) is 0 Å². The van der Waals surface area contributed by atoms with E-state index in [1.807, 2.05) is 6.08 Å². The van der Waals surface area contributed by atoms with Gasteiger partial charge in [0, 0.05) is 23.1 Å². The van der Waals surface area contributed by atoms with E-state index in [1.165, 1.54) is 5.57 Å². The molecule has 0 aromatic carbocycles. The van der Waals surface area contributed by atoms with Crippen LogP contribution in [-0.4, -0.2) is 17.7 Å². The molecule has 4 N–H and O–H groups in total. The molecule has 2 rings (SSSR count). The lowest BCUT2D eigenvalue weighted by molar-refractivity contribution is 0.00823. The van der Waals surface area contributed by atoms with Crippen LogP contribution in [0.5, 0.6) is 0 Å². The van der Waals surface area contributed by atoms with E-state index in [2.05, 4.69) is 33.8 Å². The molecule has 1 saturated heterocycles. The average molecular weight is 208 g/mol. The maximum Gasteiger partial charge on any atom is 0.121 e. The summed E-state index contributed by atoms with van der Waals surface area (Å²) in [4.78, 5) is 0. The first-order valence-corrected chi connectivity index (χ1v) is 5.40. The van der Waals surface area contributed by atoms with Gasteiger partial charge in [0.15, 0.2) is 0 Å². The van der Waals surface area contributed by atoms with Crippen molar-refractivity contribution in [3.63, 3.8) is 0 Å². The minimum Gasteiger partial charge on any atom is -0.487 e. The topological polar surface area (TPSA) is 61.3 Å². The SMILES string of the molecule is CC1(C)OC2=CC(N)C(N)C=C2C1(C)C. The van der Waals surface area contributed by atoms with E-state index in [0.717, 1.165) is 5.76 Å². The standard InChI is InChI=1S/C12H20N2O/c1-11(2)7-5-8(13)9(14)6-10(7)15-12(11,3)4/h5-6,8-9H,13-14H2,1-4H3. The molecular weight excluding hydrogens is 188 g/mol. The second kappa shape index (κ2) is 2.86. The van der Waals surface area contributed by atoms with Crippen LogP contribution in [0.25, 0.3) is 0 Å². The van der Waals surface area contributed by atoms with Crippen molar-refractivity contribution in [2.75, 3.05) is 0 Å². The largest absolute Gasteiger partial charge is 0.487 e. The first-order chi connectivity index (χ1) is 6.75. The minimum absolute atomic E-state index is 0.0173. The maximum atomic E-state index is 5.94. The Labute approximate surface area is 91.2 Å². The van der Waals surface area contributed by atoms with Gasteiger partial charge in [0.1, 0.15) is 11.4 Å². The van der Waals surface area contributed by atoms with Gasteiger partial charge < -0.3 is 16.2 Å². The third kappa shape index (κ3) is 1.34. The number of hydrogen-bond acceptors (Lipinski definition) is 3. The molecule has 84 valence electrons. The highest BCUT2D eigenvalue weighted by molar-refractivity contribution is 5.44. The fourth-order valence-electron chi connectivity index (χ4n) is 2.09. The van der Waals surface area contributed by atoms with Crippen molar-refractivity contribution in [1.29, 1.82) is 0 Å². The quantitative estimate of drug-likeness (QED) is 0.631. The van der Waals surface area contributed by atoms with Crippen molar-refractivity contribution in [2.24, 2.45) is 16.9 Å². The second-order valence-corrected chi connectivity index (χ2v) is 5.50. The third-order valence-electron chi connectivity index (χ3n) is 3.96. The Balaban J connectivity index is 2.49. The van der Waals surface area contributed by atoms with Gasteiger partial charge in [-0.2, -0.15) is 0 Å². The van der Waals surface area contributed by atoms with E-state index < -0.39 is 0 Å². The minimum atomic E-state index is -0.200. The van der Waals surface area contributed by atoms with Crippen LogP contribution in [0.3, 0.4) is 0 Å². The number of nitrogens with two attached hydrogens (primary N) is 2. The monoisotopic (exact) mass is 208 g/mol. The van der Waals surface area contributed by atoms with Gasteiger partial charge in [-0.05, 0) is 19.9 Å². The number of allylic oxidation sites excluding steroid dienone is 1. The number of fused-ring (bicyclic) bond motifs is 1.